The molecule has 3 aromatic rings. The van der Waals surface area contributed by atoms with Crippen LogP contribution in [0.3, 0.4) is 0 Å². The van der Waals surface area contributed by atoms with Gasteiger partial charge in [-0.15, -0.1) is 5.10 Å². The molecular formula is C21H17F4N5O2. The SMILES string of the molecule is O=C(Nc1cccc(C(F)(F)F)c1)c1nnn2c1CN(Cc1ccccc1F)C(=O)CC2. The van der Waals surface area contributed by atoms with Crippen LogP contribution in [0.2, 0.25) is 0 Å². The van der Waals surface area contributed by atoms with Gasteiger partial charge in [0.15, 0.2) is 5.69 Å². The Kier molecular flexibility index (Phi) is 5.64. The summed E-state index contributed by atoms with van der Waals surface area (Å²) in [6.07, 6.45) is -4.47. The first-order valence-corrected chi connectivity index (χ1v) is 9.64. The van der Waals surface area contributed by atoms with Crippen molar-refractivity contribution in [1.82, 2.24) is 19.9 Å². The highest BCUT2D eigenvalue weighted by Crippen LogP contribution is 2.31. The highest BCUT2D eigenvalue weighted by Gasteiger charge is 2.31. The van der Waals surface area contributed by atoms with Crippen LogP contribution in [0.25, 0.3) is 0 Å². The summed E-state index contributed by atoms with van der Waals surface area (Å²) in [6, 6.07) is 10.3. The van der Waals surface area contributed by atoms with Crippen LogP contribution in [0.1, 0.15) is 33.7 Å². The zero-order chi connectivity index (χ0) is 22.9. The molecule has 0 saturated carbocycles. The van der Waals surface area contributed by atoms with Gasteiger partial charge in [-0.05, 0) is 24.3 Å². The molecule has 0 radical (unpaired) electrons. The van der Waals surface area contributed by atoms with E-state index in [2.05, 4.69) is 15.6 Å². The van der Waals surface area contributed by atoms with Crippen LogP contribution in [0.15, 0.2) is 48.5 Å². The van der Waals surface area contributed by atoms with E-state index in [0.29, 0.717) is 11.3 Å². The first-order chi connectivity index (χ1) is 15.2. The molecule has 0 unspecified atom stereocenters. The smallest absolute Gasteiger partial charge is 0.332 e. The number of carbonyl (C=O) groups excluding carboxylic acids is 2. The number of anilines is 1. The quantitative estimate of drug-likeness (QED) is 0.620. The molecule has 2 heterocycles. The number of alkyl halides is 3. The van der Waals surface area contributed by atoms with Crippen LogP contribution in [-0.4, -0.2) is 31.7 Å². The number of nitrogens with zero attached hydrogens (tertiary/aromatic N) is 4. The lowest BCUT2D eigenvalue weighted by Gasteiger charge is -2.21. The molecule has 0 fully saturated rings. The molecule has 1 aromatic heterocycles. The molecule has 1 N–H and O–H groups in total. The highest BCUT2D eigenvalue weighted by molar-refractivity contribution is 6.03. The van der Waals surface area contributed by atoms with Crippen LogP contribution in [0, 0.1) is 5.82 Å². The Labute approximate surface area is 179 Å². The van der Waals surface area contributed by atoms with Crippen LogP contribution >= 0.6 is 0 Å². The zero-order valence-electron chi connectivity index (χ0n) is 16.6. The summed E-state index contributed by atoms with van der Waals surface area (Å²) in [6.45, 7) is 0.114. The summed E-state index contributed by atoms with van der Waals surface area (Å²) >= 11 is 0. The number of hydrogen-bond donors (Lipinski definition) is 1. The number of hydrogen-bond acceptors (Lipinski definition) is 4. The molecule has 32 heavy (non-hydrogen) atoms. The molecule has 0 bridgehead atoms. The maximum absolute atomic E-state index is 14.1. The van der Waals surface area contributed by atoms with Crippen molar-refractivity contribution in [3.63, 3.8) is 0 Å². The summed E-state index contributed by atoms with van der Waals surface area (Å²) < 4.78 is 54.3. The summed E-state index contributed by atoms with van der Waals surface area (Å²) in [5.74, 6) is -1.47. The summed E-state index contributed by atoms with van der Waals surface area (Å²) in [7, 11) is 0. The second-order valence-electron chi connectivity index (χ2n) is 7.23. The minimum Gasteiger partial charge on any atom is -0.332 e. The van der Waals surface area contributed by atoms with Crippen molar-refractivity contribution in [2.45, 2.75) is 32.2 Å². The van der Waals surface area contributed by atoms with Crippen molar-refractivity contribution in [3.05, 3.63) is 76.9 Å². The summed E-state index contributed by atoms with van der Waals surface area (Å²) in [5, 5.41) is 10.2. The predicted molar refractivity (Wildman–Crippen MR) is 105 cm³/mol. The number of amides is 2. The Balaban J connectivity index is 1.57. The van der Waals surface area contributed by atoms with Gasteiger partial charge in [-0.25, -0.2) is 9.07 Å². The normalized spacial score (nSPS) is 14.1. The molecule has 0 aliphatic carbocycles. The molecule has 7 nitrogen and oxygen atoms in total. The first kappa shape index (κ1) is 21.5. The van der Waals surface area contributed by atoms with E-state index in [0.717, 1.165) is 12.1 Å². The maximum atomic E-state index is 14.1. The second-order valence-corrected chi connectivity index (χ2v) is 7.23. The van der Waals surface area contributed by atoms with E-state index in [1.165, 1.54) is 33.8 Å². The van der Waals surface area contributed by atoms with E-state index in [-0.39, 0.29) is 43.3 Å². The van der Waals surface area contributed by atoms with Crippen molar-refractivity contribution in [3.8, 4) is 0 Å². The number of aromatic nitrogens is 3. The lowest BCUT2D eigenvalue weighted by Crippen LogP contribution is -2.30. The number of aryl methyl sites for hydroxylation is 1. The molecule has 0 spiro atoms. The van der Waals surface area contributed by atoms with Crippen molar-refractivity contribution in [1.29, 1.82) is 0 Å². The van der Waals surface area contributed by atoms with Gasteiger partial charge in [0.05, 0.1) is 24.3 Å². The predicted octanol–water partition coefficient (Wildman–Crippen LogP) is 3.62. The van der Waals surface area contributed by atoms with Crippen molar-refractivity contribution >= 4 is 17.5 Å². The minimum atomic E-state index is -4.55. The van der Waals surface area contributed by atoms with Crippen LogP contribution in [0.5, 0.6) is 0 Å². The van der Waals surface area contributed by atoms with Crippen LogP contribution in [0.4, 0.5) is 23.2 Å². The largest absolute Gasteiger partial charge is 0.416 e. The minimum absolute atomic E-state index is 0.00856. The highest BCUT2D eigenvalue weighted by atomic mass is 19.4. The van der Waals surface area contributed by atoms with Gasteiger partial charge in [-0.3, -0.25) is 9.59 Å². The summed E-state index contributed by atoms with van der Waals surface area (Å²) in [5.41, 5.74) is -0.442. The average Bonchev–Trinajstić information content (AvgIpc) is 3.08. The molecule has 0 saturated heterocycles. The Hall–Kier alpha value is -3.76. The summed E-state index contributed by atoms with van der Waals surface area (Å²) in [4.78, 5) is 26.7. The van der Waals surface area contributed by atoms with E-state index in [4.69, 9.17) is 0 Å². The second kappa shape index (κ2) is 8.40. The number of benzene rings is 2. The number of halogens is 4. The fourth-order valence-electron chi connectivity index (χ4n) is 3.41. The fraction of sp³-hybridized carbons (Fsp3) is 0.238. The third-order valence-electron chi connectivity index (χ3n) is 5.05. The molecule has 0 atom stereocenters. The average molecular weight is 447 g/mol. The molecule has 2 amide bonds. The molecule has 1 aliphatic rings. The van der Waals surface area contributed by atoms with Crippen LogP contribution in [-0.2, 0) is 30.6 Å². The Morgan fingerprint density at radius 2 is 1.91 bits per heavy atom. The topological polar surface area (TPSA) is 80.1 Å². The van der Waals surface area contributed by atoms with Crippen molar-refractivity contribution in [2.24, 2.45) is 0 Å². The molecule has 1 aliphatic heterocycles. The lowest BCUT2D eigenvalue weighted by molar-refractivity contribution is -0.137. The molecule has 11 heteroatoms. The van der Waals surface area contributed by atoms with Gasteiger partial charge in [0, 0.05) is 24.2 Å². The van der Waals surface area contributed by atoms with Crippen molar-refractivity contribution in [2.75, 3.05) is 5.32 Å². The van der Waals surface area contributed by atoms with Crippen molar-refractivity contribution < 1.29 is 27.2 Å². The lowest BCUT2D eigenvalue weighted by atomic mass is 10.1. The Morgan fingerprint density at radius 1 is 1.12 bits per heavy atom. The van der Waals surface area contributed by atoms with E-state index in [9.17, 15) is 27.2 Å². The Morgan fingerprint density at radius 3 is 2.66 bits per heavy atom. The number of fused-ring (bicyclic) bond motifs is 1. The van der Waals surface area contributed by atoms with Gasteiger partial charge in [0.1, 0.15) is 5.82 Å². The molecule has 4 rings (SSSR count). The Bertz CT molecular complexity index is 1170. The molecule has 166 valence electrons. The van der Waals surface area contributed by atoms with Gasteiger partial charge in [0.25, 0.3) is 5.91 Å². The van der Waals surface area contributed by atoms with E-state index in [1.54, 1.807) is 12.1 Å². The first-order valence-electron chi connectivity index (χ1n) is 9.64. The molecular weight excluding hydrogens is 430 g/mol. The van der Waals surface area contributed by atoms with E-state index < -0.39 is 23.5 Å². The molecule has 2 aromatic carbocycles. The van der Waals surface area contributed by atoms with Crippen LogP contribution < -0.4 is 5.32 Å². The zero-order valence-corrected chi connectivity index (χ0v) is 16.6. The monoisotopic (exact) mass is 447 g/mol. The van der Waals surface area contributed by atoms with Gasteiger partial charge in [-0.1, -0.05) is 29.5 Å². The van der Waals surface area contributed by atoms with E-state index in [1.807, 2.05) is 0 Å². The number of rotatable bonds is 4. The van der Waals surface area contributed by atoms with Gasteiger partial charge in [0.2, 0.25) is 5.91 Å². The van der Waals surface area contributed by atoms with E-state index >= 15 is 0 Å². The number of carbonyl (C=O) groups is 2. The maximum Gasteiger partial charge on any atom is 0.416 e. The van der Waals surface area contributed by atoms with Gasteiger partial charge in [-0.2, -0.15) is 13.2 Å². The standard InChI is InChI=1S/C21H17F4N5O2/c22-16-7-2-1-4-13(16)11-29-12-17-19(27-28-30(17)9-8-18(29)31)20(32)26-15-6-3-5-14(10-15)21(23,24)25/h1-7,10H,8-9,11-12H2,(H,26,32). The fourth-order valence-corrected chi connectivity index (χ4v) is 3.41. The third-order valence-corrected chi connectivity index (χ3v) is 5.05. The van der Waals surface area contributed by atoms with Gasteiger partial charge < -0.3 is 10.2 Å². The van der Waals surface area contributed by atoms with Gasteiger partial charge >= 0.3 is 6.18 Å². The number of nitrogens with one attached hydrogen (secondary N) is 1. The third kappa shape index (κ3) is 4.46.